The molecule has 1 saturated carbocycles. The van der Waals surface area contributed by atoms with Crippen LogP contribution in [0, 0.1) is 5.92 Å². The second-order valence-corrected chi connectivity index (χ2v) is 9.60. The van der Waals surface area contributed by atoms with Crippen LogP contribution in [-0.4, -0.2) is 53.2 Å². The van der Waals surface area contributed by atoms with Crippen molar-refractivity contribution >= 4 is 18.0 Å². The van der Waals surface area contributed by atoms with Crippen LogP contribution in [-0.2, 0) is 14.3 Å². The monoisotopic (exact) mass is 474 g/mol. The lowest BCUT2D eigenvalue weighted by atomic mass is 9.98. The second kappa shape index (κ2) is 9.94. The van der Waals surface area contributed by atoms with Crippen LogP contribution in [0.2, 0.25) is 0 Å². The Balaban J connectivity index is 1.17. The third-order valence-electron chi connectivity index (χ3n) is 7.40. The molecule has 0 aromatic heterocycles. The molecule has 7 heteroatoms. The van der Waals surface area contributed by atoms with Gasteiger partial charge in [0, 0.05) is 12.0 Å². The van der Waals surface area contributed by atoms with E-state index in [1.54, 1.807) is 12.2 Å². The first-order valence-electron chi connectivity index (χ1n) is 12.3. The Labute approximate surface area is 204 Å². The topological polar surface area (TPSA) is 95.9 Å². The number of nitrogens with zero attached hydrogens (tertiary/aromatic N) is 1. The number of ether oxygens (including phenoxy) is 1. The molecule has 2 amide bonds. The molecule has 0 heterocycles. The molecule has 1 fully saturated rings. The molecule has 2 aromatic rings. The maximum Gasteiger partial charge on any atom is 0.407 e. The lowest BCUT2D eigenvalue weighted by Gasteiger charge is -2.29. The van der Waals surface area contributed by atoms with Gasteiger partial charge in [0.1, 0.15) is 13.2 Å². The lowest BCUT2D eigenvalue weighted by Crippen LogP contribution is -2.45. The number of carboxylic acids is 1. The van der Waals surface area contributed by atoms with Crippen molar-refractivity contribution in [2.75, 3.05) is 13.2 Å². The Bertz CT molecular complexity index is 1110. The molecule has 0 aliphatic heterocycles. The molecule has 2 aromatic carbocycles. The quantitative estimate of drug-likeness (QED) is 0.583. The summed E-state index contributed by atoms with van der Waals surface area (Å²) in [5.41, 5.74) is 4.65. The molecule has 2 atom stereocenters. The predicted molar refractivity (Wildman–Crippen MR) is 131 cm³/mol. The molecule has 3 aliphatic carbocycles. The van der Waals surface area contributed by atoms with Crippen molar-refractivity contribution in [1.82, 2.24) is 10.2 Å². The molecule has 35 heavy (non-hydrogen) atoms. The van der Waals surface area contributed by atoms with E-state index in [-0.39, 0.29) is 37.1 Å². The summed E-state index contributed by atoms with van der Waals surface area (Å²) in [6.45, 7) is -0.0506. The van der Waals surface area contributed by atoms with Gasteiger partial charge in [0.05, 0.1) is 12.0 Å². The van der Waals surface area contributed by atoms with Gasteiger partial charge in [0.15, 0.2) is 0 Å². The smallest absolute Gasteiger partial charge is 0.407 e. The lowest BCUT2D eigenvalue weighted by molar-refractivity contribution is -0.147. The SMILES string of the molecule is O=C(O)CN(C(=O)C1C=CC(NC(=O)OCC2c3ccccc3-c3ccccc32)C1)C1CCCC1. The molecule has 3 aliphatic rings. The van der Waals surface area contributed by atoms with Gasteiger partial charge in [-0.15, -0.1) is 0 Å². The van der Waals surface area contributed by atoms with E-state index in [0.29, 0.717) is 6.42 Å². The number of alkyl carbamates (subject to hydrolysis) is 1. The van der Waals surface area contributed by atoms with Crippen molar-refractivity contribution in [3.63, 3.8) is 0 Å². The Kier molecular flexibility index (Phi) is 6.57. The molecule has 0 spiro atoms. The zero-order chi connectivity index (χ0) is 24.4. The minimum absolute atomic E-state index is 0.0128. The standard InChI is InChI=1S/C28H30N2O5/c31-26(32)16-30(20-7-1-2-8-20)27(33)18-13-14-19(15-18)29-28(34)35-17-25-23-11-5-3-9-21(23)22-10-4-6-12-24(22)25/h3-6,9-14,18-20,25H,1-2,7-8,15-17H2,(H,29,34)(H,31,32). The number of rotatable bonds is 7. The van der Waals surface area contributed by atoms with E-state index in [1.165, 1.54) is 16.0 Å². The van der Waals surface area contributed by atoms with E-state index in [0.717, 1.165) is 36.8 Å². The van der Waals surface area contributed by atoms with Gasteiger partial charge in [0.25, 0.3) is 0 Å². The zero-order valence-corrected chi connectivity index (χ0v) is 19.6. The highest BCUT2D eigenvalue weighted by Gasteiger charge is 2.35. The minimum Gasteiger partial charge on any atom is -0.480 e. The highest BCUT2D eigenvalue weighted by atomic mass is 16.5. The van der Waals surface area contributed by atoms with Gasteiger partial charge >= 0.3 is 12.1 Å². The Morgan fingerprint density at radius 3 is 2.20 bits per heavy atom. The normalized spacial score (nSPS) is 20.9. The summed E-state index contributed by atoms with van der Waals surface area (Å²) in [4.78, 5) is 38.6. The summed E-state index contributed by atoms with van der Waals surface area (Å²) >= 11 is 0. The van der Waals surface area contributed by atoms with Crippen molar-refractivity contribution in [1.29, 1.82) is 0 Å². The van der Waals surface area contributed by atoms with Crippen molar-refractivity contribution in [2.45, 2.75) is 50.1 Å². The van der Waals surface area contributed by atoms with E-state index in [4.69, 9.17) is 4.74 Å². The fourth-order valence-electron chi connectivity index (χ4n) is 5.74. The third kappa shape index (κ3) is 4.81. The fraction of sp³-hybridized carbons (Fsp3) is 0.393. The van der Waals surface area contributed by atoms with E-state index in [2.05, 4.69) is 29.6 Å². The van der Waals surface area contributed by atoms with Crippen LogP contribution in [0.4, 0.5) is 4.79 Å². The Morgan fingerprint density at radius 1 is 0.943 bits per heavy atom. The Hall–Kier alpha value is -3.61. The minimum atomic E-state index is -1.000. The summed E-state index contributed by atoms with van der Waals surface area (Å²) in [5.74, 6) is -1.63. The molecular formula is C28H30N2O5. The molecule has 5 rings (SSSR count). The largest absolute Gasteiger partial charge is 0.480 e. The number of amides is 2. The number of fused-ring (bicyclic) bond motifs is 3. The van der Waals surface area contributed by atoms with Crippen LogP contribution >= 0.6 is 0 Å². The first kappa shape index (κ1) is 23.1. The van der Waals surface area contributed by atoms with Crippen molar-refractivity contribution < 1.29 is 24.2 Å². The molecule has 0 radical (unpaired) electrons. The molecule has 182 valence electrons. The number of carbonyl (C=O) groups is 3. The van der Waals surface area contributed by atoms with Crippen molar-refractivity contribution in [2.24, 2.45) is 5.92 Å². The maximum absolute atomic E-state index is 13.1. The number of aliphatic carboxylic acids is 1. The van der Waals surface area contributed by atoms with Gasteiger partial charge in [-0.25, -0.2) is 4.79 Å². The maximum atomic E-state index is 13.1. The summed E-state index contributed by atoms with van der Waals surface area (Å²) in [5, 5.41) is 12.1. The van der Waals surface area contributed by atoms with Gasteiger partial charge in [-0.3, -0.25) is 9.59 Å². The summed E-state index contributed by atoms with van der Waals surface area (Å²) in [6.07, 6.45) is 7.19. The molecule has 0 bridgehead atoms. The van der Waals surface area contributed by atoms with Crippen LogP contribution in [0.25, 0.3) is 11.1 Å². The van der Waals surface area contributed by atoms with Crippen LogP contribution in [0.15, 0.2) is 60.7 Å². The van der Waals surface area contributed by atoms with Crippen LogP contribution in [0.3, 0.4) is 0 Å². The van der Waals surface area contributed by atoms with Gasteiger partial charge in [-0.2, -0.15) is 0 Å². The molecular weight excluding hydrogens is 444 g/mol. The third-order valence-corrected chi connectivity index (χ3v) is 7.40. The number of hydrogen-bond acceptors (Lipinski definition) is 4. The zero-order valence-electron chi connectivity index (χ0n) is 19.6. The van der Waals surface area contributed by atoms with E-state index in [9.17, 15) is 19.5 Å². The molecule has 0 saturated heterocycles. The average Bonchev–Trinajstić information content (AvgIpc) is 3.60. The molecule has 2 unspecified atom stereocenters. The summed E-state index contributed by atoms with van der Waals surface area (Å²) < 4.78 is 5.62. The van der Waals surface area contributed by atoms with Crippen LogP contribution < -0.4 is 5.32 Å². The van der Waals surface area contributed by atoms with E-state index < -0.39 is 18.0 Å². The highest BCUT2D eigenvalue weighted by molar-refractivity contribution is 5.85. The molecule has 7 nitrogen and oxygen atoms in total. The van der Waals surface area contributed by atoms with E-state index >= 15 is 0 Å². The van der Waals surface area contributed by atoms with Crippen molar-refractivity contribution in [3.05, 3.63) is 71.8 Å². The van der Waals surface area contributed by atoms with Crippen LogP contribution in [0.5, 0.6) is 0 Å². The van der Waals surface area contributed by atoms with Crippen LogP contribution in [0.1, 0.15) is 49.1 Å². The second-order valence-electron chi connectivity index (χ2n) is 9.60. The first-order valence-corrected chi connectivity index (χ1v) is 12.3. The number of carbonyl (C=O) groups excluding carboxylic acids is 2. The first-order chi connectivity index (χ1) is 17.0. The van der Waals surface area contributed by atoms with Gasteiger partial charge in [-0.1, -0.05) is 73.5 Å². The molecule has 2 N–H and O–H groups in total. The van der Waals surface area contributed by atoms with Crippen molar-refractivity contribution in [3.8, 4) is 11.1 Å². The summed E-state index contributed by atoms with van der Waals surface area (Å²) in [7, 11) is 0. The predicted octanol–water partition coefficient (Wildman–Crippen LogP) is 4.33. The van der Waals surface area contributed by atoms with Gasteiger partial charge < -0.3 is 20.1 Å². The van der Waals surface area contributed by atoms with Gasteiger partial charge in [-0.05, 0) is 41.5 Å². The highest BCUT2D eigenvalue weighted by Crippen LogP contribution is 2.44. The Morgan fingerprint density at radius 2 is 1.57 bits per heavy atom. The number of benzene rings is 2. The average molecular weight is 475 g/mol. The number of hydrogen-bond donors (Lipinski definition) is 2. The van der Waals surface area contributed by atoms with E-state index in [1.807, 2.05) is 24.3 Å². The van der Waals surface area contributed by atoms with Gasteiger partial charge in [0.2, 0.25) is 5.91 Å². The fourth-order valence-corrected chi connectivity index (χ4v) is 5.74. The number of carboxylic acid groups (broad SMARTS) is 1. The number of nitrogens with one attached hydrogen (secondary N) is 1. The summed E-state index contributed by atoms with van der Waals surface area (Å²) in [6, 6.07) is 16.0.